The minimum Gasteiger partial charge on any atom is -0.409 e. The summed E-state index contributed by atoms with van der Waals surface area (Å²) in [6.07, 6.45) is 1.03. The maximum Gasteiger partial charge on any atom is 0.343 e. The Morgan fingerprint density at radius 1 is 1.67 bits per heavy atom. The molecular weight excluding hydrogens is 302 g/mol. The summed E-state index contributed by atoms with van der Waals surface area (Å²) in [6, 6.07) is 1.12. The number of amidine groups is 1. The third kappa shape index (κ3) is 2.84. The topological polar surface area (TPSA) is 165 Å². The Morgan fingerprint density at radius 2 is 2.38 bits per heavy atom. The molecule has 0 saturated carbocycles. The molecule has 0 atom stereocenters. The van der Waals surface area contributed by atoms with Crippen LogP contribution in [-0.2, 0) is 7.05 Å². The highest BCUT2D eigenvalue weighted by molar-refractivity contribution is 7.99. The predicted molar refractivity (Wildman–Crippen MR) is 71.4 cm³/mol. The van der Waals surface area contributed by atoms with Crippen molar-refractivity contribution in [3.8, 4) is 0 Å². The lowest BCUT2D eigenvalue weighted by Crippen LogP contribution is -2.16. The zero-order valence-electron chi connectivity index (χ0n) is 10.5. The summed E-state index contributed by atoms with van der Waals surface area (Å²) in [6.45, 7) is 0. The fourth-order valence-electron chi connectivity index (χ4n) is 1.37. The number of oxime groups is 1. The molecule has 0 amide bonds. The first kappa shape index (κ1) is 14.5. The third-order valence-electron chi connectivity index (χ3n) is 2.46. The Labute approximate surface area is 120 Å². The van der Waals surface area contributed by atoms with Crippen LogP contribution in [0.2, 0.25) is 0 Å². The van der Waals surface area contributed by atoms with E-state index < -0.39 is 10.6 Å². The van der Waals surface area contributed by atoms with Crippen molar-refractivity contribution >= 4 is 23.3 Å². The van der Waals surface area contributed by atoms with Gasteiger partial charge in [-0.3, -0.25) is 14.7 Å². The number of aromatic amines is 1. The van der Waals surface area contributed by atoms with E-state index in [0.29, 0.717) is 0 Å². The number of nitrogens with zero attached hydrogens (tertiary/aromatic N) is 5. The van der Waals surface area contributed by atoms with Gasteiger partial charge < -0.3 is 10.9 Å². The van der Waals surface area contributed by atoms with Gasteiger partial charge in [0.15, 0.2) is 11.0 Å². The van der Waals surface area contributed by atoms with E-state index in [0.717, 1.165) is 24.0 Å². The molecule has 11 nitrogen and oxygen atoms in total. The standard InChI is InChI=1S/C9H9N7O4S/c1-15-8(17)12-13-9(15)21-7-5(6(10)14-18)2-4(3-11-7)16(19)20/h2-3,18H,1H3,(H2,10,14)(H,12,17). The van der Waals surface area contributed by atoms with Crippen LogP contribution in [0.25, 0.3) is 0 Å². The molecule has 2 aromatic heterocycles. The zero-order valence-corrected chi connectivity index (χ0v) is 11.4. The molecule has 2 aromatic rings. The van der Waals surface area contributed by atoms with Crippen LogP contribution in [0.1, 0.15) is 5.56 Å². The highest BCUT2D eigenvalue weighted by atomic mass is 32.2. The number of rotatable bonds is 4. The largest absolute Gasteiger partial charge is 0.409 e. The smallest absolute Gasteiger partial charge is 0.343 e. The van der Waals surface area contributed by atoms with Gasteiger partial charge in [0.2, 0.25) is 0 Å². The van der Waals surface area contributed by atoms with Crippen molar-refractivity contribution in [2.45, 2.75) is 10.2 Å². The average molecular weight is 311 g/mol. The lowest BCUT2D eigenvalue weighted by atomic mass is 10.2. The van der Waals surface area contributed by atoms with Crippen molar-refractivity contribution in [3.05, 3.63) is 38.4 Å². The molecule has 0 aliphatic heterocycles. The van der Waals surface area contributed by atoms with Crippen molar-refractivity contribution < 1.29 is 10.1 Å². The molecule has 0 bridgehead atoms. The molecule has 0 aromatic carbocycles. The molecular formula is C9H9N7O4S. The molecule has 0 aliphatic rings. The van der Waals surface area contributed by atoms with E-state index in [1.54, 1.807) is 0 Å². The lowest BCUT2D eigenvalue weighted by molar-refractivity contribution is -0.385. The van der Waals surface area contributed by atoms with Crippen LogP contribution in [-0.4, -0.2) is 35.7 Å². The van der Waals surface area contributed by atoms with E-state index >= 15 is 0 Å². The number of H-pyrrole nitrogens is 1. The van der Waals surface area contributed by atoms with Gasteiger partial charge in [0.05, 0.1) is 10.5 Å². The van der Waals surface area contributed by atoms with Crippen LogP contribution in [0.5, 0.6) is 0 Å². The van der Waals surface area contributed by atoms with E-state index in [1.165, 1.54) is 11.6 Å². The SMILES string of the molecule is Cn1c(Sc2ncc([N+](=O)[O-])cc2C(N)=NO)n[nH]c1=O. The summed E-state index contributed by atoms with van der Waals surface area (Å²) < 4.78 is 1.23. The second-order valence-electron chi connectivity index (χ2n) is 3.76. The minimum atomic E-state index is -0.653. The number of hydrogen-bond acceptors (Lipinski definition) is 8. The lowest BCUT2D eigenvalue weighted by Gasteiger charge is -2.05. The number of hydrogen-bond donors (Lipinski definition) is 3. The Morgan fingerprint density at radius 3 is 2.90 bits per heavy atom. The summed E-state index contributed by atoms with van der Waals surface area (Å²) in [5, 5.41) is 28.8. The molecule has 2 rings (SSSR count). The number of nitro groups is 1. The van der Waals surface area contributed by atoms with Crippen LogP contribution in [0.4, 0.5) is 5.69 Å². The molecule has 21 heavy (non-hydrogen) atoms. The molecule has 2 heterocycles. The van der Waals surface area contributed by atoms with Gasteiger partial charge in [-0.15, -0.1) is 5.10 Å². The molecule has 12 heteroatoms. The van der Waals surface area contributed by atoms with Gasteiger partial charge in [-0.2, -0.15) is 0 Å². The van der Waals surface area contributed by atoms with E-state index in [2.05, 4.69) is 20.3 Å². The fourth-order valence-corrected chi connectivity index (χ4v) is 2.23. The van der Waals surface area contributed by atoms with Crippen molar-refractivity contribution in [2.24, 2.45) is 17.9 Å². The molecule has 4 N–H and O–H groups in total. The van der Waals surface area contributed by atoms with Gasteiger partial charge in [-0.05, 0) is 11.8 Å². The minimum absolute atomic E-state index is 0.0622. The molecule has 0 fully saturated rings. The van der Waals surface area contributed by atoms with E-state index in [4.69, 9.17) is 10.9 Å². The van der Waals surface area contributed by atoms with Gasteiger partial charge in [-0.1, -0.05) is 5.16 Å². The first-order valence-corrected chi connectivity index (χ1v) is 6.17. The second-order valence-corrected chi connectivity index (χ2v) is 4.72. The summed E-state index contributed by atoms with van der Waals surface area (Å²) in [4.78, 5) is 25.3. The Balaban J connectivity index is 2.50. The maximum atomic E-state index is 11.3. The second kappa shape index (κ2) is 5.62. The number of pyridine rings is 1. The van der Waals surface area contributed by atoms with Crippen molar-refractivity contribution in [1.29, 1.82) is 0 Å². The molecule has 0 aliphatic carbocycles. The number of nitrogens with one attached hydrogen (secondary N) is 1. The zero-order chi connectivity index (χ0) is 15.6. The van der Waals surface area contributed by atoms with Crippen molar-refractivity contribution in [2.75, 3.05) is 0 Å². The molecule has 110 valence electrons. The third-order valence-corrected chi connectivity index (χ3v) is 3.52. The van der Waals surface area contributed by atoms with Crippen LogP contribution in [0, 0.1) is 10.1 Å². The molecule has 0 saturated heterocycles. The summed E-state index contributed by atoms with van der Waals surface area (Å²) >= 11 is 0.941. The van der Waals surface area contributed by atoms with E-state index in [9.17, 15) is 14.9 Å². The molecule has 0 spiro atoms. The van der Waals surface area contributed by atoms with Gasteiger partial charge in [0, 0.05) is 13.1 Å². The van der Waals surface area contributed by atoms with Gasteiger partial charge in [-0.25, -0.2) is 14.9 Å². The van der Waals surface area contributed by atoms with E-state index in [-0.39, 0.29) is 27.3 Å². The predicted octanol–water partition coefficient (Wildman–Crippen LogP) is -0.343. The Bertz CT molecular complexity index is 781. The summed E-state index contributed by atoms with van der Waals surface area (Å²) in [7, 11) is 1.49. The highest BCUT2D eigenvalue weighted by Crippen LogP contribution is 2.28. The fraction of sp³-hybridized carbons (Fsp3) is 0.111. The van der Waals surface area contributed by atoms with Crippen LogP contribution in [0.3, 0.4) is 0 Å². The summed E-state index contributed by atoms with van der Waals surface area (Å²) in [5.74, 6) is -0.339. The molecule has 0 radical (unpaired) electrons. The molecule has 0 unspecified atom stereocenters. The van der Waals surface area contributed by atoms with Crippen molar-refractivity contribution in [1.82, 2.24) is 19.7 Å². The van der Waals surface area contributed by atoms with Crippen LogP contribution in [0.15, 0.2) is 32.4 Å². The Hall–Kier alpha value is -2.89. The van der Waals surface area contributed by atoms with Gasteiger partial charge in [0.1, 0.15) is 11.2 Å². The van der Waals surface area contributed by atoms with Crippen molar-refractivity contribution in [3.63, 3.8) is 0 Å². The van der Waals surface area contributed by atoms with Crippen LogP contribution >= 0.6 is 11.8 Å². The Kier molecular flexibility index (Phi) is 3.89. The van der Waals surface area contributed by atoms with Gasteiger partial charge in [0.25, 0.3) is 5.69 Å². The van der Waals surface area contributed by atoms with Gasteiger partial charge >= 0.3 is 5.69 Å². The van der Waals surface area contributed by atoms with E-state index in [1.807, 2.05) is 0 Å². The van der Waals surface area contributed by atoms with Crippen LogP contribution < -0.4 is 11.4 Å². The number of nitrogens with two attached hydrogens (primary N) is 1. The summed E-state index contributed by atoms with van der Waals surface area (Å²) in [5.41, 5.74) is 4.82. The maximum absolute atomic E-state index is 11.3. The quantitative estimate of drug-likeness (QED) is 0.227. The monoisotopic (exact) mass is 311 g/mol. The first-order chi connectivity index (χ1) is 9.93. The average Bonchev–Trinajstić information content (AvgIpc) is 2.78. The first-order valence-electron chi connectivity index (χ1n) is 5.35. The highest BCUT2D eigenvalue weighted by Gasteiger charge is 2.18. The normalized spacial score (nSPS) is 11.6. The number of aromatic nitrogens is 4.